The van der Waals surface area contributed by atoms with Gasteiger partial charge in [-0.3, -0.25) is 9.48 Å². The fraction of sp³-hybridized carbons (Fsp3) is 0.261. The number of amides is 1. The molecular formula is C23H24N4O3. The van der Waals surface area contributed by atoms with Gasteiger partial charge in [-0.05, 0) is 45.0 Å². The van der Waals surface area contributed by atoms with Gasteiger partial charge in [0.25, 0.3) is 5.91 Å². The van der Waals surface area contributed by atoms with Crippen LogP contribution >= 0.6 is 0 Å². The smallest absolute Gasteiger partial charge is 0.252 e. The van der Waals surface area contributed by atoms with Gasteiger partial charge >= 0.3 is 0 Å². The predicted molar refractivity (Wildman–Crippen MR) is 115 cm³/mol. The second-order valence-corrected chi connectivity index (χ2v) is 7.38. The number of carbonyl (C=O) groups is 1. The minimum atomic E-state index is -0.250. The highest BCUT2D eigenvalue weighted by Gasteiger charge is 2.22. The molecule has 7 heteroatoms. The average Bonchev–Trinajstić information content (AvgIpc) is 3.36. The van der Waals surface area contributed by atoms with Gasteiger partial charge in [-0.25, -0.2) is 4.98 Å². The fourth-order valence-electron chi connectivity index (χ4n) is 3.72. The van der Waals surface area contributed by atoms with Crippen molar-refractivity contribution in [3.8, 4) is 17.2 Å². The van der Waals surface area contributed by atoms with Crippen molar-refractivity contribution in [2.24, 2.45) is 7.05 Å². The quantitative estimate of drug-likeness (QED) is 0.535. The van der Waals surface area contributed by atoms with Crippen LogP contribution in [-0.4, -0.2) is 27.8 Å². The van der Waals surface area contributed by atoms with Gasteiger partial charge in [-0.15, -0.1) is 0 Å². The zero-order valence-electron chi connectivity index (χ0n) is 17.7. The summed E-state index contributed by atoms with van der Waals surface area (Å²) in [5.74, 6) is 1.13. The zero-order valence-corrected chi connectivity index (χ0v) is 17.7. The van der Waals surface area contributed by atoms with Crippen LogP contribution in [0, 0.1) is 13.8 Å². The van der Waals surface area contributed by atoms with Gasteiger partial charge in [0.2, 0.25) is 0 Å². The molecule has 1 amide bonds. The number of furan rings is 1. The molecule has 0 saturated carbocycles. The lowest BCUT2D eigenvalue weighted by atomic mass is 10.0. The van der Waals surface area contributed by atoms with Gasteiger partial charge in [0.05, 0.1) is 36.1 Å². The van der Waals surface area contributed by atoms with Crippen LogP contribution in [-0.2, 0) is 7.05 Å². The zero-order chi connectivity index (χ0) is 21.4. The highest BCUT2D eigenvalue weighted by molar-refractivity contribution is 6.07. The van der Waals surface area contributed by atoms with Crippen molar-refractivity contribution in [3.05, 3.63) is 65.0 Å². The number of ether oxygens (including phenoxy) is 1. The molecule has 3 aromatic heterocycles. The maximum Gasteiger partial charge on any atom is 0.252 e. The Labute approximate surface area is 174 Å². The third kappa shape index (κ3) is 3.43. The van der Waals surface area contributed by atoms with Crippen LogP contribution < -0.4 is 10.1 Å². The average molecular weight is 404 g/mol. The molecule has 4 rings (SSSR count). The molecule has 7 nitrogen and oxygen atoms in total. The van der Waals surface area contributed by atoms with Gasteiger partial charge in [0.15, 0.2) is 11.4 Å². The highest BCUT2D eigenvalue weighted by Crippen LogP contribution is 2.29. The van der Waals surface area contributed by atoms with Crippen molar-refractivity contribution < 1.29 is 13.9 Å². The molecule has 0 aliphatic carbocycles. The minimum absolute atomic E-state index is 0.206. The number of benzene rings is 1. The first-order valence-electron chi connectivity index (χ1n) is 9.72. The van der Waals surface area contributed by atoms with Crippen molar-refractivity contribution in [1.29, 1.82) is 0 Å². The largest absolute Gasteiger partial charge is 0.496 e. The number of nitrogens with one attached hydrogen (secondary N) is 1. The van der Waals surface area contributed by atoms with E-state index in [2.05, 4.69) is 15.4 Å². The van der Waals surface area contributed by atoms with Gasteiger partial charge < -0.3 is 14.5 Å². The van der Waals surface area contributed by atoms with E-state index >= 15 is 0 Å². The van der Waals surface area contributed by atoms with E-state index in [4.69, 9.17) is 9.15 Å². The lowest BCUT2D eigenvalue weighted by molar-refractivity contribution is 0.0941. The predicted octanol–water partition coefficient (Wildman–Crippen LogP) is 4.34. The topological polar surface area (TPSA) is 82.2 Å². The second-order valence-electron chi connectivity index (χ2n) is 7.38. The van der Waals surface area contributed by atoms with E-state index in [0.29, 0.717) is 22.7 Å². The molecule has 0 aliphatic rings. The molecule has 1 N–H and O–H groups in total. The Kier molecular flexibility index (Phi) is 5.03. The fourth-order valence-corrected chi connectivity index (χ4v) is 3.72. The molecule has 3 heterocycles. The van der Waals surface area contributed by atoms with Crippen molar-refractivity contribution in [1.82, 2.24) is 20.1 Å². The molecule has 0 fully saturated rings. The summed E-state index contributed by atoms with van der Waals surface area (Å²) in [6, 6.07) is 11.0. The lowest BCUT2D eigenvalue weighted by Gasteiger charge is -2.18. The van der Waals surface area contributed by atoms with Gasteiger partial charge in [0.1, 0.15) is 11.4 Å². The van der Waals surface area contributed by atoms with Crippen LogP contribution in [0.5, 0.6) is 5.75 Å². The normalized spacial score (nSPS) is 12.2. The SMILES string of the molecule is COc1ccc(C)cc1C(C)NC(=O)c1cc(-c2ccco2)nc2c1c(C)nn2C. The molecule has 0 saturated heterocycles. The van der Waals surface area contributed by atoms with Gasteiger partial charge in [0, 0.05) is 12.6 Å². The second kappa shape index (κ2) is 7.67. The Morgan fingerprint density at radius 2 is 2.03 bits per heavy atom. The number of aromatic nitrogens is 3. The number of hydrogen-bond donors (Lipinski definition) is 1. The maximum absolute atomic E-state index is 13.4. The summed E-state index contributed by atoms with van der Waals surface area (Å²) in [5.41, 5.74) is 4.49. The Balaban J connectivity index is 1.77. The van der Waals surface area contributed by atoms with E-state index in [9.17, 15) is 4.79 Å². The first kappa shape index (κ1) is 19.7. The lowest BCUT2D eigenvalue weighted by Crippen LogP contribution is -2.27. The van der Waals surface area contributed by atoms with Crippen LogP contribution in [0.2, 0.25) is 0 Å². The number of hydrogen-bond acceptors (Lipinski definition) is 5. The molecule has 1 atom stereocenters. The number of fused-ring (bicyclic) bond motifs is 1. The van der Waals surface area contributed by atoms with Crippen molar-refractivity contribution in [2.45, 2.75) is 26.8 Å². The summed E-state index contributed by atoms with van der Waals surface area (Å²) >= 11 is 0. The Bertz CT molecular complexity index is 1230. The third-order valence-electron chi connectivity index (χ3n) is 5.19. The number of carbonyl (C=O) groups excluding carboxylic acids is 1. The summed E-state index contributed by atoms with van der Waals surface area (Å²) in [7, 11) is 3.44. The van der Waals surface area contributed by atoms with Crippen molar-refractivity contribution in [2.75, 3.05) is 7.11 Å². The molecule has 1 unspecified atom stereocenters. The van der Waals surface area contributed by atoms with Crippen LogP contribution in [0.25, 0.3) is 22.5 Å². The number of pyridine rings is 1. The summed E-state index contributed by atoms with van der Waals surface area (Å²) in [5, 5.41) is 8.29. The van der Waals surface area contributed by atoms with E-state index in [1.807, 2.05) is 52.1 Å². The first-order chi connectivity index (χ1) is 14.4. The molecule has 4 aromatic rings. The molecule has 0 spiro atoms. The van der Waals surface area contributed by atoms with Gasteiger partial charge in [-0.1, -0.05) is 17.7 Å². The summed E-state index contributed by atoms with van der Waals surface area (Å²) < 4.78 is 12.7. The van der Waals surface area contributed by atoms with E-state index in [-0.39, 0.29) is 11.9 Å². The molecule has 0 radical (unpaired) electrons. The van der Waals surface area contributed by atoms with Crippen molar-refractivity contribution >= 4 is 16.9 Å². The molecule has 30 heavy (non-hydrogen) atoms. The van der Waals surface area contributed by atoms with Crippen LogP contribution in [0.15, 0.2) is 47.1 Å². The Morgan fingerprint density at radius 1 is 1.23 bits per heavy atom. The molecule has 1 aromatic carbocycles. The number of aryl methyl sites for hydroxylation is 3. The highest BCUT2D eigenvalue weighted by atomic mass is 16.5. The monoisotopic (exact) mass is 404 g/mol. The molecule has 0 bridgehead atoms. The molecular weight excluding hydrogens is 380 g/mol. The summed E-state index contributed by atoms with van der Waals surface area (Å²) in [4.78, 5) is 18.0. The first-order valence-corrected chi connectivity index (χ1v) is 9.72. The third-order valence-corrected chi connectivity index (χ3v) is 5.19. The molecule has 154 valence electrons. The van der Waals surface area contributed by atoms with Crippen molar-refractivity contribution in [3.63, 3.8) is 0 Å². The Morgan fingerprint density at radius 3 is 2.73 bits per heavy atom. The van der Waals surface area contributed by atoms with Crippen LogP contribution in [0.1, 0.15) is 40.1 Å². The number of methoxy groups -OCH3 is 1. The van der Waals surface area contributed by atoms with E-state index in [1.54, 1.807) is 30.2 Å². The van der Waals surface area contributed by atoms with E-state index in [1.165, 1.54) is 0 Å². The number of nitrogens with zero attached hydrogens (tertiary/aromatic N) is 3. The molecule has 0 aliphatic heterocycles. The Hall–Kier alpha value is -3.61. The minimum Gasteiger partial charge on any atom is -0.496 e. The standard InChI is InChI=1S/C23H24N4O3/c1-13-8-9-19(29-5)16(11-13)14(2)24-23(28)17-12-18(20-7-6-10-30-20)25-22-21(17)15(3)26-27(22)4/h6-12,14H,1-5H3,(H,24,28). The van der Waals surface area contributed by atoms with Crippen LogP contribution in [0.3, 0.4) is 0 Å². The number of rotatable bonds is 5. The van der Waals surface area contributed by atoms with Gasteiger partial charge in [-0.2, -0.15) is 5.10 Å². The van der Waals surface area contributed by atoms with E-state index in [0.717, 1.165) is 28.0 Å². The van der Waals surface area contributed by atoms with E-state index < -0.39 is 0 Å². The maximum atomic E-state index is 13.4. The summed E-state index contributed by atoms with van der Waals surface area (Å²) in [6.07, 6.45) is 1.58. The summed E-state index contributed by atoms with van der Waals surface area (Å²) in [6.45, 7) is 5.83. The van der Waals surface area contributed by atoms with Crippen LogP contribution in [0.4, 0.5) is 0 Å².